The van der Waals surface area contributed by atoms with E-state index < -0.39 is 0 Å². The summed E-state index contributed by atoms with van der Waals surface area (Å²) in [6.07, 6.45) is 5.00. The number of amidine groups is 1. The molecule has 0 spiro atoms. The molecule has 0 aliphatic carbocycles. The second-order valence-electron chi connectivity index (χ2n) is 5.82. The number of thioether (sulfide) groups is 1. The summed E-state index contributed by atoms with van der Waals surface area (Å²) in [5, 5.41) is 20.3. The normalized spacial score (nSPS) is 17.4. The predicted octanol–water partition coefficient (Wildman–Crippen LogP) is 4.55. The highest BCUT2D eigenvalue weighted by Crippen LogP contribution is 2.34. The van der Waals surface area contributed by atoms with Crippen LogP contribution in [0.15, 0.2) is 79.7 Å². The molecule has 2 aromatic heterocycles. The van der Waals surface area contributed by atoms with E-state index in [0.717, 1.165) is 10.4 Å². The highest BCUT2D eigenvalue weighted by molar-refractivity contribution is 8.18. The van der Waals surface area contributed by atoms with Crippen LogP contribution in [0.3, 0.4) is 0 Å². The fourth-order valence-corrected chi connectivity index (χ4v) is 4.02. The van der Waals surface area contributed by atoms with Gasteiger partial charge in [-0.1, -0.05) is 18.2 Å². The van der Waals surface area contributed by atoms with Crippen molar-refractivity contribution in [1.82, 2.24) is 4.90 Å². The number of phenols is 1. The van der Waals surface area contributed by atoms with Gasteiger partial charge in [0.2, 0.25) is 0 Å². The minimum Gasteiger partial charge on any atom is -0.508 e. The van der Waals surface area contributed by atoms with Crippen LogP contribution in [0.5, 0.6) is 5.75 Å². The van der Waals surface area contributed by atoms with Gasteiger partial charge in [0.25, 0.3) is 5.91 Å². The van der Waals surface area contributed by atoms with E-state index in [9.17, 15) is 9.90 Å². The molecule has 140 valence electrons. The number of phenolic OH excluding ortho intramolecular Hbond substituents is 1. The predicted molar refractivity (Wildman–Crippen MR) is 112 cm³/mol. The van der Waals surface area contributed by atoms with Gasteiger partial charge in [-0.15, -0.1) is 16.4 Å². The van der Waals surface area contributed by atoms with Crippen LogP contribution in [0.2, 0.25) is 0 Å². The number of carbonyl (C=O) groups is 1. The molecule has 0 radical (unpaired) electrons. The molecule has 28 heavy (non-hydrogen) atoms. The molecule has 1 aliphatic heterocycles. The summed E-state index contributed by atoms with van der Waals surface area (Å²) >= 11 is 2.82. The Balaban J connectivity index is 1.61. The zero-order valence-electron chi connectivity index (χ0n) is 14.6. The Morgan fingerprint density at radius 3 is 2.71 bits per heavy atom. The van der Waals surface area contributed by atoms with Crippen molar-refractivity contribution in [2.45, 2.75) is 6.54 Å². The lowest BCUT2D eigenvalue weighted by Crippen LogP contribution is -2.28. The molecule has 8 heteroatoms. The van der Waals surface area contributed by atoms with Gasteiger partial charge in [0.05, 0.1) is 23.9 Å². The van der Waals surface area contributed by atoms with E-state index >= 15 is 0 Å². The molecule has 0 unspecified atom stereocenters. The van der Waals surface area contributed by atoms with Crippen LogP contribution in [-0.4, -0.2) is 27.3 Å². The standard InChI is InChI=1S/C20H15N3O3S2/c24-15-7-5-14(6-8-15)11-18-19(25)23(13-16-3-1-9-26-16)20(28-18)22-21-12-17-4-2-10-27-17/h1-12,24H,13H2/b18-11-,21-12+,22-20-. The first-order valence-corrected chi connectivity index (χ1v) is 10.1. The lowest BCUT2D eigenvalue weighted by Gasteiger charge is -2.12. The zero-order chi connectivity index (χ0) is 19.3. The summed E-state index contributed by atoms with van der Waals surface area (Å²) in [4.78, 5) is 16.0. The Labute approximate surface area is 169 Å². The molecular weight excluding hydrogens is 394 g/mol. The average Bonchev–Trinajstić information content (AvgIpc) is 3.44. The third-order valence-electron chi connectivity index (χ3n) is 3.84. The Morgan fingerprint density at radius 2 is 2.00 bits per heavy atom. The molecule has 0 atom stereocenters. The van der Waals surface area contributed by atoms with Crippen molar-refractivity contribution in [3.05, 3.63) is 81.3 Å². The molecule has 0 bridgehead atoms. The number of hydrogen-bond donors (Lipinski definition) is 1. The molecule has 0 saturated carbocycles. The maximum absolute atomic E-state index is 12.9. The molecule has 4 rings (SSSR count). The summed E-state index contributed by atoms with van der Waals surface area (Å²) in [5.74, 6) is 0.673. The van der Waals surface area contributed by atoms with E-state index in [1.165, 1.54) is 11.8 Å². The van der Waals surface area contributed by atoms with Gasteiger partial charge in [0.15, 0.2) is 5.17 Å². The number of furan rings is 1. The van der Waals surface area contributed by atoms with Crippen LogP contribution < -0.4 is 0 Å². The number of carbonyl (C=O) groups excluding carboxylic acids is 1. The van der Waals surface area contributed by atoms with Crippen molar-refractivity contribution >= 4 is 46.5 Å². The van der Waals surface area contributed by atoms with E-state index in [0.29, 0.717) is 15.8 Å². The SMILES string of the molecule is O=C1/C(=C/c2ccc(O)cc2)S/C(=N\N=C\c2cccs2)N1Cc1ccco1. The Kier molecular flexibility index (Phi) is 5.41. The molecule has 1 N–H and O–H groups in total. The summed E-state index contributed by atoms with van der Waals surface area (Å²) in [6.45, 7) is 0.277. The van der Waals surface area contributed by atoms with Gasteiger partial charge in [-0.25, -0.2) is 0 Å². The van der Waals surface area contributed by atoms with Crippen molar-refractivity contribution in [3.8, 4) is 5.75 Å². The number of amides is 1. The molecule has 1 amide bonds. The van der Waals surface area contributed by atoms with Gasteiger partial charge in [-0.2, -0.15) is 5.10 Å². The van der Waals surface area contributed by atoms with Crippen molar-refractivity contribution in [3.63, 3.8) is 0 Å². The zero-order valence-corrected chi connectivity index (χ0v) is 16.2. The van der Waals surface area contributed by atoms with Gasteiger partial charge in [0.1, 0.15) is 11.5 Å². The fourth-order valence-electron chi connectivity index (χ4n) is 2.50. The molecule has 3 aromatic rings. The van der Waals surface area contributed by atoms with Gasteiger partial charge in [-0.3, -0.25) is 9.69 Å². The van der Waals surface area contributed by atoms with Crippen molar-refractivity contribution in [2.24, 2.45) is 10.2 Å². The highest BCUT2D eigenvalue weighted by Gasteiger charge is 2.34. The number of nitrogens with zero attached hydrogens (tertiary/aromatic N) is 3. The van der Waals surface area contributed by atoms with E-state index in [1.807, 2.05) is 23.6 Å². The number of thiophene rings is 1. The third-order valence-corrected chi connectivity index (χ3v) is 5.65. The second-order valence-corrected chi connectivity index (χ2v) is 7.80. The van der Waals surface area contributed by atoms with E-state index in [-0.39, 0.29) is 18.2 Å². The average molecular weight is 409 g/mol. The topological polar surface area (TPSA) is 78.4 Å². The van der Waals surface area contributed by atoms with Crippen LogP contribution in [0.4, 0.5) is 0 Å². The molecule has 6 nitrogen and oxygen atoms in total. The van der Waals surface area contributed by atoms with Crippen LogP contribution in [-0.2, 0) is 11.3 Å². The summed E-state index contributed by atoms with van der Waals surface area (Å²) < 4.78 is 5.38. The van der Waals surface area contributed by atoms with Crippen LogP contribution in [0.25, 0.3) is 6.08 Å². The van der Waals surface area contributed by atoms with Crippen molar-refractivity contribution in [1.29, 1.82) is 0 Å². The Hall–Kier alpha value is -3.10. The van der Waals surface area contributed by atoms with Crippen LogP contribution >= 0.6 is 23.1 Å². The van der Waals surface area contributed by atoms with Crippen LogP contribution in [0, 0.1) is 0 Å². The van der Waals surface area contributed by atoms with Crippen molar-refractivity contribution in [2.75, 3.05) is 0 Å². The van der Waals surface area contributed by atoms with Gasteiger partial charge >= 0.3 is 0 Å². The maximum Gasteiger partial charge on any atom is 0.267 e. The quantitative estimate of drug-likeness (QED) is 0.381. The largest absolute Gasteiger partial charge is 0.508 e. The van der Waals surface area contributed by atoms with Gasteiger partial charge in [-0.05, 0) is 59.1 Å². The molecule has 1 saturated heterocycles. The van der Waals surface area contributed by atoms with E-state index in [1.54, 1.807) is 65.1 Å². The fraction of sp³-hybridized carbons (Fsp3) is 0.0500. The van der Waals surface area contributed by atoms with Gasteiger partial charge in [0, 0.05) is 4.88 Å². The van der Waals surface area contributed by atoms with Crippen LogP contribution in [0.1, 0.15) is 16.2 Å². The molecule has 3 heterocycles. The first-order valence-electron chi connectivity index (χ1n) is 8.36. The minimum atomic E-state index is -0.167. The number of rotatable bonds is 5. The van der Waals surface area contributed by atoms with Crippen molar-refractivity contribution < 1.29 is 14.3 Å². The number of hydrogen-bond acceptors (Lipinski definition) is 7. The summed E-state index contributed by atoms with van der Waals surface area (Å²) in [7, 11) is 0. The minimum absolute atomic E-state index is 0.167. The lowest BCUT2D eigenvalue weighted by molar-refractivity contribution is -0.122. The number of benzene rings is 1. The lowest BCUT2D eigenvalue weighted by atomic mass is 10.2. The van der Waals surface area contributed by atoms with E-state index in [4.69, 9.17) is 4.42 Å². The first-order chi connectivity index (χ1) is 13.7. The Bertz CT molecular complexity index is 1040. The summed E-state index contributed by atoms with van der Waals surface area (Å²) in [6, 6.07) is 14.1. The monoisotopic (exact) mass is 409 g/mol. The summed E-state index contributed by atoms with van der Waals surface area (Å²) in [5.41, 5.74) is 0.815. The first kappa shape index (κ1) is 18.3. The maximum atomic E-state index is 12.9. The molecule has 1 fully saturated rings. The number of aromatic hydroxyl groups is 1. The second kappa shape index (κ2) is 8.28. The highest BCUT2D eigenvalue weighted by atomic mass is 32.2. The smallest absolute Gasteiger partial charge is 0.267 e. The molecule has 1 aromatic carbocycles. The van der Waals surface area contributed by atoms with Gasteiger partial charge < -0.3 is 9.52 Å². The third kappa shape index (κ3) is 4.24. The van der Waals surface area contributed by atoms with E-state index in [2.05, 4.69) is 10.2 Å². The molecular formula is C20H15N3O3S2. The Morgan fingerprint density at radius 1 is 1.14 bits per heavy atom. The molecule has 1 aliphatic rings.